The van der Waals surface area contributed by atoms with Gasteiger partial charge >= 0.3 is 0 Å². The number of benzene rings is 1. The Morgan fingerprint density at radius 3 is 2.62 bits per heavy atom. The molecule has 0 aliphatic heterocycles. The Hall–Kier alpha value is -1.70. The van der Waals surface area contributed by atoms with E-state index in [1.165, 1.54) is 0 Å². The molecule has 0 bridgehead atoms. The summed E-state index contributed by atoms with van der Waals surface area (Å²) in [6, 6.07) is 6.55. The van der Waals surface area contributed by atoms with Crippen LogP contribution < -0.4 is 10.5 Å². The zero-order valence-electron chi connectivity index (χ0n) is 11.9. The van der Waals surface area contributed by atoms with Gasteiger partial charge in [0.1, 0.15) is 0 Å². The van der Waals surface area contributed by atoms with Gasteiger partial charge in [-0.25, -0.2) is 13.1 Å². The fourth-order valence-corrected chi connectivity index (χ4v) is 3.24. The Kier molecular flexibility index (Phi) is 5.11. The molecule has 1 aromatic carbocycles. The Balaban J connectivity index is 2.08. The number of nitrogens with zero attached hydrogens (tertiary/aromatic N) is 1. The van der Waals surface area contributed by atoms with Crippen LogP contribution >= 0.6 is 0 Å². The van der Waals surface area contributed by atoms with Crippen molar-refractivity contribution in [2.45, 2.75) is 30.7 Å². The molecule has 0 aliphatic carbocycles. The second-order valence-electron chi connectivity index (χ2n) is 4.91. The first-order valence-corrected chi connectivity index (χ1v) is 8.31. The molecule has 21 heavy (non-hydrogen) atoms. The summed E-state index contributed by atoms with van der Waals surface area (Å²) in [6.45, 7) is 2.40. The molecule has 0 aliphatic rings. The van der Waals surface area contributed by atoms with Crippen molar-refractivity contribution >= 4 is 10.0 Å². The maximum absolute atomic E-state index is 12.3. The smallest absolute Gasteiger partial charge is 0.241 e. The summed E-state index contributed by atoms with van der Waals surface area (Å²) in [5, 5.41) is 6.48. The zero-order valence-corrected chi connectivity index (χ0v) is 12.7. The van der Waals surface area contributed by atoms with Gasteiger partial charge in [-0.2, -0.15) is 5.10 Å². The van der Waals surface area contributed by atoms with E-state index in [4.69, 9.17) is 5.73 Å². The molecule has 1 aromatic heterocycles. The van der Waals surface area contributed by atoms with Crippen molar-refractivity contribution in [2.75, 3.05) is 6.54 Å². The molecule has 0 saturated heterocycles. The van der Waals surface area contributed by atoms with Gasteiger partial charge in [0.05, 0.1) is 11.1 Å². The topological polar surface area (TPSA) is 101 Å². The van der Waals surface area contributed by atoms with Crippen molar-refractivity contribution in [3.8, 4) is 0 Å². The van der Waals surface area contributed by atoms with Gasteiger partial charge in [0, 0.05) is 17.8 Å². The van der Waals surface area contributed by atoms with Gasteiger partial charge in [-0.05, 0) is 44.0 Å². The third-order valence-electron chi connectivity index (χ3n) is 3.25. The highest BCUT2D eigenvalue weighted by atomic mass is 32.2. The van der Waals surface area contributed by atoms with E-state index in [-0.39, 0.29) is 10.9 Å². The van der Waals surface area contributed by atoms with Crippen LogP contribution in [0.3, 0.4) is 0 Å². The van der Waals surface area contributed by atoms with E-state index in [2.05, 4.69) is 14.9 Å². The third kappa shape index (κ3) is 4.13. The van der Waals surface area contributed by atoms with E-state index in [1.54, 1.807) is 31.5 Å². The van der Waals surface area contributed by atoms with E-state index in [9.17, 15) is 8.42 Å². The standard InChI is InChI=1S/C14H20N4O2S/c1-11(13-9-16-17-10-13)18-21(19,20)14-6-4-12(5-7-14)3-2-8-15/h4-7,9-11,18H,2-3,8,15H2,1H3,(H,16,17). The maximum Gasteiger partial charge on any atom is 0.241 e. The summed E-state index contributed by atoms with van der Waals surface area (Å²) < 4.78 is 27.2. The van der Waals surface area contributed by atoms with Gasteiger partial charge in [-0.1, -0.05) is 12.1 Å². The van der Waals surface area contributed by atoms with Crippen molar-refractivity contribution in [3.05, 3.63) is 47.8 Å². The normalized spacial score (nSPS) is 13.2. The number of aromatic amines is 1. The number of sulfonamides is 1. The van der Waals surface area contributed by atoms with Crippen LogP contribution in [-0.4, -0.2) is 25.2 Å². The van der Waals surface area contributed by atoms with Crippen LogP contribution in [0.15, 0.2) is 41.6 Å². The van der Waals surface area contributed by atoms with Gasteiger partial charge in [-0.15, -0.1) is 0 Å². The number of nitrogens with two attached hydrogens (primary N) is 1. The van der Waals surface area contributed by atoms with Gasteiger partial charge in [0.25, 0.3) is 0 Å². The van der Waals surface area contributed by atoms with E-state index < -0.39 is 10.0 Å². The van der Waals surface area contributed by atoms with Crippen molar-refractivity contribution in [1.29, 1.82) is 0 Å². The third-order valence-corrected chi connectivity index (χ3v) is 4.81. The highest BCUT2D eigenvalue weighted by Crippen LogP contribution is 2.16. The van der Waals surface area contributed by atoms with E-state index in [0.717, 1.165) is 24.0 Å². The van der Waals surface area contributed by atoms with Crippen molar-refractivity contribution in [3.63, 3.8) is 0 Å². The average molecular weight is 308 g/mol. The van der Waals surface area contributed by atoms with E-state index >= 15 is 0 Å². The predicted octanol–water partition coefficient (Wildman–Crippen LogP) is 1.34. The number of nitrogens with one attached hydrogen (secondary N) is 2. The van der Waals surface area contributed by atoms with Crippen LogP contribution in [0.2, 0.25) is 0 Å². The second-order valence-corrected chi connectivity index (χ2v) is 6.62. The molecule has 1 unspecified atom stereocenters. The number of aryl methyl sites for hydroxylation is 1. The first-order chi connectivity index (χ1) is 10.0. The number of aromatic nitrogens is 2. The molecule has 1 atom stereocenters. The molecule has 1 heterocycles. The van der Waals surface area contributed by atoms with E-state index in [0.29, 0.717) is 6.54 Å². The van der Waals surface area contributed by atoms with Gasteiger partial charge < -0.3 is 5.73 Å². The molecule has 0 radical (unpaired) electrons. The van der Waals surface area contributed by atoms with Crippen LogP contribution in [0, 0.1) is 0 Å². The minimum atomic E-state index is -3.54. The average Bonchev–Trinajstić information content (AvgIpc) is 2.99. The summed E-state index contributed by atoms with van der Waals surface area (Å²) in [6.07, 6.45) is 5.02. The molecule has 114 valence electrons. The Morgan fingerprint density at radius 2 is 2.05 bits per heavy atom. The summed E-state index contributed by atoms with van der Waals surface area (Å²) in [4.78, 5) is 0.259. The molecule has 0 spiro atoms. The quantitative estimate of drug-likeness (QED) is 0.718. The van der Waals surface area contributed by atoms with Crippen molar-refractivity contribution < 1.29 is 8.42 Å². The lowest BCUT2D eigenvalue weighted by Gasteiger charge is -2.13. The monoisotopic (exact) mass is 308 g/mol. The zero-order chi connectivity index (χ0) is 15.3. The van der Waals surface area contributed by atoms with Crippen molar-refractivity contribution in [1.82, 2.24) is 14.9 Å². The molecule has 7 heteroatoms. The first-order valence-electron chi connectivity index (χ1n) is 6.83. The van der Waals surface area contributed by atoms with Crippen LogP contribution in [0.1, 0.15) is 30.5 Å². The summed E-state index contributed by atoms with van der Waals surface area (Å²) in [5.74, 6) is 0. The molecular formula is C14H20N4O2S. The predicted molar refractivity (Wildman–Crippen MR) is 81.1 cm³/mol. The Bertz CT molecular complexity index is 651. The number of hydrogen-bond acceptors (Lipinski definition) is 4. The number of H-pyrrole nitrogens is 1. The molecule has 0 amide bonds. The van der Waals surface area contributed by atoms with Gasteiger partial charge in [0.2, 0.25) is 10.0 Å². The lowest BCUT2D eigenvalue weighted by atomic mass is 10.1. The molecule has 2 aromatic rings. The van der Waals surface area contributed by atoms with Crippen LogP contribution in [0.25, 0.3) is 0 Å². The van der Waals surface area contributed by atoms with E-state index in [1.807, 2.05) is 12.1 Å². The molecule has 0 saturated carbocycles. The SMILES string of the molecule is CC(NS(=O)(=O)c1ccc(CCCN)cc1)c1cn[nH]c1. The highest BCUT2D eigenvalue weighted by Gasteiger charge is 2.18. The fourth-order valence-electron chi connectivity index (χ4n) is 2.01. The minimum absolute atomic E-state index is 0.259. The lowest BCUT2D eigenvalue weighted by molar-refractivity contribution is 0.567. The molecule has 0 fully saturated rings. The Morgan fingerprint density at radius 1 is 1.33 bits per heavy atom. The molecule has 2 rings (SSSR count). The molecular weight excluding hydrogens is 288 g/mol. The molecule has 4 N–H and O–H groups in total. The van der Waals surface area contributed by atoms with Crippen LogP contribution in [0.4, 0.5) is 0 Å². The van der Waals surface area contributed by atoms with Gasteiger partial charge in [0.15, 0.2) is 0 Å². The minimum Gasteiger partial charge on any atom is -0.330 e. The maximum atomic E-state index is 12.3. The number of hydrogen-bond donors (Lipinski definition) is 3. The summed E-state index contributed by atoms with van der Waals surface area (Å²) in [5.41, 5.74) is 7.34. The molecule has 6 nitrogen and oxygen atoms in total. The van der Waals surface area contributed by atoms with Crippen LogP contribution in [-0.2, 0) is 16.4 Å². The highest BCUT2D eigenvalue weighted by molar-refractivity contribution is 7.89. The Labute approximate surface area is 124 Å². The van der Waals surface area contributed by atoms with Crippen molar-refractivity contribution in [2.24, 2.45) is 5.73 Å². The summed E-state index contributed by atoms with van der Waals surface area (Å²) >= 11 is 0. The second kappa shape index (κ2) is 6.84. The first kappa shape index (κ1) is 15.7. The lowest BCUT2D eigenvalue weighted by Crippen LogP contribution is -2.26. The van der Waals surface area contributed by atoms with Gasteiger partial charge in [-0.3, -0.25) is 5.10 Å². The summed E-state index contributed by atoms with van der Waals surface area (Å²) in [7, 11) is -3.54. The fraction of sp³-hybridized carbons (Fsp3) is 0.357. The number of rotatable bonds is 7. The van der Waals surface area contributed by atoms with Crippen LogP contribution in [0.5, 0.6) is 0 Å². The largest absolute Gasteiger partial charge is 0.330 e.